The lowest BCUT2D eigenvalue weighted by Crippen LogP contribution is -2.03. The van der Waals surface area contributed by atoms with Crippen LogP contribution in [0, 0.1) is 0 Å². The van der Waals surface area contributed by atoms with E-state index in [1.54, 1.807) is 14.2 Å². The third-order valence-corrected chi connectivity index (χ3v) is 3.08. The summed E-state index contributed by atoms with van der Waals surface area (Å²) in [4.78, 5) is 0. The predicted octanol–water partition coefficient (Wildman–Crippen LogP) is 3.53. The van der Waals surface area contributed by atoms with Crippen LogP contribution in [0.4, 0.5) is 0 Å². The molecule has 106 valence electrons. The first-order valence-electron chi connectivity index (χ1n) is 6.64. The Morgan fingerprint density at radius 3 is 2.35 bits per heavy atom. The average molecular weight is 272 g/mol. The van der Waals surface area contributed by atoms with Gasteiger partial charge in [0, 0.05) is 19.8 Å². The molecule has 2 aromatic carbocycles. The molecule has 0 aliphatic rings. The van der Waals surface area contributed by atoms with Crippen LogP contribution in [0.1, 0.15) is 5.56 Å². The summed E-state index contributed by atoms with van der Waals surface area (Å²) in [6.07, 6.45) is 0.852. The van der Waals surface area contributed by atoms with E-state index >= 15 is 0 Å². The van der Waals surface area contributed by atoms with Crippen LogP contribution in [-0.2, 0) is 15.9 Å². The fourth-order valence-corrected chi connectivity index (χ4v) is 2.17. The molecule has 2 aromatic rings. The van der Waals surface area contributed by atoms with Gasteiger partial charge < -0.3 is 14.2 Å². The zero-order valence-electron chi connectivity index (χ0n) is 12.0. The minimum atomic E-state index is 0.244. The Balaban J connectivity index is 2.41. The topological polar surface area (TPSA) is 27.7 Å². The Labute approximate surface area is 120 Å². The van der Waals surface area contributed by atoms with Crippen LogP contribution in [0.25, 0.3) is 11.1 Å². The van der Waals surface area contributed by atoms with Crippen LogP contribution in [0.15, 0.2) is 48.5 Å². The number of ether oxygens (including phenoxy) is 3. The van der Waals surface area contributed by atoms with E-state index in [9.17, 15) is 0 Å². The fourth-order valence-electron chi connectivity index (χ4n) is 2.17. The molecule has 0 fully saturated rings. The summed E-state index contributed by atoms with van der Waals surface area (Å²) in [6.45, 7) is 0.932. The monoisotopic (exact) mass is 272 g/mol. The molecule has 0 amide bonds. The van der Waals surface area contributed by atoms with Crippen LogP contribution in [0.3, 0.4) is 0 Å². The van der Waals surface area contributed by atoms with Crippen molar-refractivity contribution in [2.24, 2.45) is 0 Å². The van der Waals surface area contributed by atoms with Crippen molar-refractivity contribution >= 4 is 0 Å². The van der Waals surface area contributed by atoms with E-state index in [1.807, 2.05) is 30.3 Å². The van der Waals surface area contributed by atoms with Gasteiger partial charge >= 0.3 is 0 Å². The molecule has 0 atom stereocenters. The van der Waals surface area contributed by atoms with E-state index in [4.69, 9.17) is 14.2 Å². The maximum absolute atomic E-state index is 5.70. The molecule has 0 saturated carbocycles. The number of hydrogen-bond acceptors (Lipinski definition) is 3. The molecule has 0 saturated heterocycles. The Kier molecular flexibility index (Phi) is 5.59. The molecule has 3 nitrogen and oxygen atoms in total. The Morgan fingerprint density at radius 1 is 0.850 bits per heavy atom. The second-order valence-corrected chi connectivity index (χ2v) is 4.45. The summed E-state index contributed by atoms with van der Waals surface area (Å²) in [7, 11) is 3.34. The lowest BCUT2D eigenvalue weighted by Gasteiger charge is -2.15. The van der Waals surface area contributed by atoms with Crippen molar-refractivity contribution in [3.63, 3.8) is 0 Å². The van der Waals surface area contributed by atoms with E-state index in [-0.39, 0.29) is 6.79 Å². The largest absolute Gasteiger partial charge is 0.467 e. The molecule has 0 aromatic heterocycles. The highest BCUT2D eigenvalue weighted by molar-refractivity contribution is 5.74. The van der Waals surface area contributed by atoms with Gasteiger partial charge in [-0.05, 0) is 23.6 Å². The predicted molar refractivity (Wildman–Crippen MR) is 80.0 cm³/mol. The molecule has 0 spiro atoms. The van der Waals surface area contributed by atoms with Gasteiger partial charge in [-0.1, -0.05) is 42.5 Å². The van der Waals surface area contributed by atoms with Gasteiger partial charge in [-0.15, -0.1) is 0 Å². The zero-order chi connectivity index (χ0) is 14.2. The molecule has 0 unspecified atom stereocenters. The molecular weight excluding hydrogens is 252 g/mol. The van der Waals surface area contributed by atoms with Crippen LogP contribution < -0.4 is 4.74 Å². The van der Waals surface area contributed by atoms with E-state index in [1.165, 1.54) is 5.56 Å². The van der Waals surface area contributed by atoms with Crippen LogP contribution in [0.2, 0.25) is 0 Å². The third-order valence-electron chi connectivity index (χ3n) is 3.08. The van der Waals surface area contributed by atoms with Gasteiger partial charge in [-0.2, -0.15) is 0 Å². The molecule has 0 aliphatic heterocycles. The highest BCUT2D eigenvalue weighted by atomic mass is 16.7. The number of rotatable bonds is 7. The second kappa shape index (κ2) is 7.68. The maximum atomic E-state index is 5.70. The van der Waals surface area contributed by atoms with Crippen molar-refractivity contribution in [1.82, 2.24) is 0 Å². The summed E-state index contributed by atoms with van der Waals surface area (Å²) in [5.74, 6) is 0.839. The summed E-state index contributed by atoms with van der Waals surface area (Å²) in [5.41, 5.74) is 3.47. The van der Waals surface area contributed by atoms with Gasteiger partial charge in [0.2, 0.25) is 0 Å². The zero-order valence-corrected chi connectivity index (χ0v) is 12.0. The smallest absolute Gasteiger partial charge is 0.188 e. The first kappa shape index (κ1) is 14.6. The number of methoxy groups -OCH3 is 2. The molecule has 0 bridgehead atoms. The molecular formula is C17H20O3. The van der Waals surface area contributed by atoms with E-state index in [2.05, 4.69) is 18.2 Å². The Bertz CT molecular complexity index is 497. The normalized spacial score (nSPS) is 10.5. The van der Waals surface area contributed by atoms with Gasteiger partial charge in [0.15, 0.2) is 6.79 Å². The minimum Gasteiger partial charge on any atom is -0.467 e. The van der Waals surface area contributed by atoms with Gasteiger partial charge in [-0.3, -0.25) is 0 Å². The number of hydrogen-bond donors (Lipinski definition) is 0. The van der Waals surface area contributed by atoms with Crippen molar-refractivity contribution in [2.75, 3.05) is 27.6 Å². The maximum Gasteiger partial charge on any atom is 0.188 e. The fraction of sp³-hybridized carbons (Fsp3) is 0.294. The van der Waals surface area contributed by atoms with Crippen LogP contribution in [0.5, 0.6) is 5.75 Å². The summed E-state index contributed by atoms with van der Waals surface area (Å²) < 4.78 is 15.9. The van der Waals surface area contributed by atoms with Crippen molar-refractivity contribution in [2.45, 2.75) is 6.42 Å². The van der Waals surface area contributed by atoms with Gasteiger partial charge in [-0.25, -0.2) is 0 Å². The summed E-state index contributed by atoms with van der Waals surface area (Å²) >= 11 is 0. The molecule has 0 heterocycles. The van der Waals surface area contributed by atoms with Crippen molar-refractivity contribution in [3.8, 4) is 16.9 Å². The lowest BCUT2D eigenvalue weighted by molar-refractivity contribution is 0.0515. The third kappa shape index (κ3) is 3.59. The van der Waals surface area contributed by atoms with Gasteiger partial charge in [0.25, 0.3) is 0 Å². The van der Waals surface area contributed by atoms with Crippen molar-refractivity contribution in [3.05, 3.63) is 54.1 Å². The summed E-state index contributed by atoms with van der Waals surface area (Å²) in [6, 6.07) is 16.3. The van der Waals surface area contributed by atoms with E-state index < -0.39 is 0 Å². The quantitative estimate of drug-likeness (QED) is 0.722. The standard InChI is InChI=1S/C17H20O3/c1-18-12-11-15-9-6-10-16(20-13-19-2)17(15)14-7-4-3-5-8-14/h3-10H,11-13H2,1-2H3. The Hall–Kier alpha value is -1.84. The van der Waals surface area contributed by atoms with Gasteiger partial charge in [0.05, 0.1) is 6.61 Å². The van der Waals surface area contributed by atoms with Crippen LogP contribution >= 0.6 is 0 Å². The van der Waals surface area contributed by atoms with E-state index in [0.29, 0.717) is 6.61 Å². The molecule has 0 radical (unpaired) electrons. The van der Waals surface area contributed by atoms with Gasteiger partial charge in [0.1, 0.15) is 5.75 Å². The molecule has 2 rings (SSSR count). The molecule has 0 aliphatic carbocycles. The highest BCUT2D eigenvalue weighted by Crippen LogP contribution is 2.33. The van der Waals surface area contributed by atoms with Crippen molar-refractivity contribution in [1.29, 1.82) is 0 Å². The van der Waals surface area contributed by atoms with E-state index in [0.717, 1.165) is 23.3 Å². The average Bonchev–Trinajstić information content (AvgIpc) is 2.51. The molecule has 0 N–H and O–H groups in total. The second-order valence-electron chi connectivity index (χ2n) is 4.45. The Morgan fingerprint density at radius 2 is 1.65 bits per heavy atom. The highest BCUT2D eigenvalue weighted by Gasteiger charge is 2.11. The SMILES string of the molecule is COCCc1cccc(OCOC)c1-c1ccccc1. The number of benzene rings is 2. The lowest BCUT2D eigenvalue weighted by atomic mass is 9.97. The van der Waals surface area contributed by atoms with Crippen molar-refractivity contribution < 1.29 is 14.2 Å². The van der Waals surface area contributed by atoms with Crippen LogP contribution in [-0.4, -0.2) is 27.6 Å². The first-order valence-corrected chi connectivity index (χ1v) is 6.64. The molecule has 3 heteroatoms. The molecule has 20 heavy (non-hydrogen) atoms. The minimum absolute atomic E-state index is 0.244. The first-order chi connectivity index (χ1) is 9.86. The summed E-state index contributed by atoms with van der Waals surface area (Å²) in [5, 5.41) is 0.